The normalized spacial score (nSPS) is 26.3. The Kier molecular flexibility index (Phi) is 3.49. The average molecular weight is 172 g/mol. The van der Waals surface area contributed by atoms with E-state index in [1.807, 2.05) is 0 Å². The van der Waals surface area contributed by atoms with E-state index in [-0.39, 0.29) is 6.23 Å². The van der Waals surface area contributed by atoms with Crippen molar-refractivity contribution in [3.63, 3.8) is 0 Å². The van der Waals surface area contributed by atoms with Gasteiger partial charge in [-0.1, -0.05) is 0 Å². The number of ether oxygens (including phenoxy) is 1. The van der Waals surface area contributed by atoms with Crippen molar-refractivity contribution in [3.05, 3.63) is 0 Å². The fraction of sp³-hybridized carbons (Fsp3) is 0.875. The van der Waals surface area contributed by atoms with Crippen molar-refractivity contribution in [3.8, 4) is 0 Å². The molecule has 1 rings (SSSR count). The van der Waals surface area contributed by atoms with Gasteiger partial charge >= 0.3 is 0 Å². The van der Waals surface area contributed by atoms with Crippen molar-refractivity contribution >= 4 is 6.72 Å². The fourth-order valence-electron chi connectivity index (χ4n) is 1.38. The van der Waals surface area contributed by atoms with Gasteiger partial charge in [0.1, 0.15) is 12.5 Å². The number of hydrazone groups is 1. The Morgan fingerprint density at radius 3 is 2.83 bits per heavy atom. The van der Waals surface area contributed by atoms with E-state index in [0.29, 0.717) is 0 Å². The van der Waals surface area contributed by atoms with Gasteiger partial charge in [0.05, 0.1) is 0 Å². The first-order chi connectivity index (χ1) is 5.75. The van der Waals surface area contributed by atoms with Crippen LogP contribution in [0.25, 0.3) is 0 Å². The molecular weight excluding hydrogens is 156 g/mol. The van der Waals surface area contributed by atoms with E-state index in [1.165, 1.54) is 5.01 Å². The number of hydrogen-bond donors (Lipinski definition) is 1. The lowest BCUT2D eigenvalue weighted by atomic mass is 10.2. The number of rotatable bonds is 3. The van der Waals surface area contributed by atoms with Gasteiger partial charge in [-0.15, -0.1) is 0 Å². The second kappa shape index (κ2) is 4.42. The van der Waals surface area contributed by atoms with Crippen LogP contribution in [0.2, 0.25) is 0 Å². The third kappa shape index (κ3) is 2.19. The molecule has 0 amide bonds. The van der Waals surface area contributed by atoms with Crippen molar-refractivity contribution in [1.29, 1.82) is 0 Å². The molecule has 0 bridgehead atoms. The second-order valence-electron chi connectivity index (χ2n) is 2.97. The highest BCUT2D eigenvalue weighted by Crippen LogP contribution is 2.17. The van der Waals surface area contributed by atoms with E-state index in [2.05, 4.69) is 11.8 Å². The molecule has 4 heteroatoms. The Bertz CT molecular complexity index is 144. The molecule has 0 aromatic heterocycles. The Morgan fingerprint density at radius 2 is 2.42 bits per heavy atom. The smallest absolute Gasteiger partial charge is 0.148 e. The quantitative estimate of drug-likeness (QED) is 0.388. The summed E-state index contributed by atoms with van der Waals surface area (Å²) in [6.45, 7) is 5.81. The lowest BCUT2D eigenvalue weighted by molar-refractivity contribution is -0.142. The van der Waals surface area contributed by atoms with E-state index >= 15 is 0 Å². The molecule has 1 aliphatic heterocycles. The van der Waals surface area contributed by atoms with E-state index in [1.54, 1.807) is 6.92 Å². The van der Waals surface area contributed by atoms with Crippen LogP contribution in [0.1, 0.15) is 26.2 Å². The van der Waals surface area contributed by atoms with Crippen LogP contribution in [0, 0.1) is 0 Å². The third-order valence-electron chi connectivity index (χ3n) is 2.00. The molecule has 1 N–H and O–H groups in total. The highest BCUT2D eigenvalue weighted by atomic mass is 16.5. The summed E-state index contributed by atoms with van der Waals surface area (Å²) in [5.41, 5.74) is 0. The summed E-state index contributed by atoms with van der Waals surface area (Å²) in [6, 6.07) is 0. The van der Waals surface area contributed by atoms with Crippen LogP contribution in [-0.4, -0.2) is 35.9 Å². The van der Waals surface area contributed by atoms with Gasteiger partial charge < -0.3 is 9.84 Å². The van der Waals surface area contributed by atoms with Gasteiger partial charge in [-0.3, -0.25) is 0 Å². The minimum Gasteiger partial charge on any atom is -0.372 e. The van der Waals surface area contributed by atoms with E-state index in [9.17, 15) is 5.11 Å². The molecule has 1 aliphatic rings. The molecule has 2 unspecified atom stereocenters. The zero-order valence-electron chi connectivity index (χ0n) is 7.44. The first-order valence-electron chi connectivity index (χ1n) is 4.30. The molecule has 0 saturated carbocycles. The van der Waals surface area contributed by atoms with Gasteiger partial charge in [0.25, 0.3) is 0 Å². The molecule has 0 aromatic rings. The highest BCUT2D eigenvalue weighted by molar-refractivity contribution is 5.22. The average Bonchev–Trinajstić information content (AvgIpc) is 2.07. The Hall–Kier alpha value is -0.610. The molecule has 0 aromatic carbocycles. The summed E-state index contributed by atoms with van der Waals surface area (Å²) >= 11 is 0. The summed E-state index contributed by atoms with van der Waals surface area (Å²) in [5.74, 6) is 0. The summed E-state index contributed by atoms with van der Waals surface area (Å²) in [7, 11) is 0. The van der Waals surface area contributed by atoms with Crippen LogP contribution in [0.15, 0.2) is 5.10 Å². The van der Waals surface area contributed by atoms with Crippen molar-refractivity contribution in [2.75, 3.05) is 6.61 Å². The molecule has 0 spiro atoms. The van der Waals surface area contributed by atoms with Crippen molar-refractivity contribution < 1.29 is 9.84 Å². The predicted molar refractivity (Wildman–Crippen MR) is 46.7 cm³/mol. The number of aliphatic hydroxyl groups excluding tert-OH is 1. The molecule has 1 fully saturated rings. The molecule has 70 valence electrons. The van der Waals surface area contributed by atoms with Crippen molar-refractivity contribution in [2.45, 2.75) is 38.6 Å². The van der Waals surface area contributed by atoms with E-state index in [4.69, 9.17) is 4.74 Å². The molecule has 1 heterocycles. The molecule has 12 heavy (non-hydrogen) atoms. The van der Waals surface area contributed by atoms with Crippen LogP contribution < -0.4 is 0 Å². The van der Waals surface area contributed by atoms with Gasteiger partial charge in [0.15, 0.2) is 0 Å². The van der Waals surface area contributed by atoms with Gasteiger partial charge in [0, 0.05) is 13.3 Å². The monoisotopic (exact) mass is 172 g/mol. The fourth-order valence-corrected chi connectivity index (χ4v) is 1.38. The first kappa shape index (κ1) is 9.48. The summed E-state index contributed by atoms with van der Waals surface area (Å²) in [5, 5.41) is 14.5. The van der Waals surface area contributed by atoms with Crippen LogP contribution in [0.4, 0.5) is 0 Å². The maximum Gasteiger partial charge on any atom is 0.148 e. The summed E-state index contributed by atoms with van der Waals surface area (Å²) < 4.78 is 5.42. The molecular formula is C8H16N2O2. The molecule has 0 aliphatic carbocycles. The van der Waals surface area contributed by atoms with Crippen LogP contribution in [-0.2, 0) is 4.74 Å². The summed E-state index contributed by atoms with van der Waals surface area (Å²) in [4.78, 5) is 0. The molecule has 0 radical (unpaired) electrons. The highest BCUT2D eigenvalue weighted by Gasteiger charge is 2.22. The first-order valence-corrected chi connectivity index (χ1v) is 4.30. The Labute approximate surface area is 72.8 Å². The third-order valence-corrected chi connectivity index (χ3v) is 2.00. The van der Waals surface area contributed by atoms with Crippen molar-refractivity contribution in [1.82, 2.24) is 5.01 Å². The number of nitrogens with zero attached hydrogens (tertiary/aromatic N) is 2. The molecule has 2 atom stereocenters. The summed E-state index contributed by atoms with van der Waals surface area (Å²) in [6.07, 6.45) is 2.44. The van der Waals surface area contributed by atoms with E-state index < -0.39 is 6.23 Å². The zero-order valence-corrected chi connectivity index (χ0v) is 7.44. The van der Waals surface area contributed by atoms with Gasteiger partial charge in [0.2, 0.25) is 0 Å². The molecule has 4 nitrogen and oxygen atoms in total. The van der Waals surface area contributed by atoms with Crippen molar-refractivity contribution in [2.24, 2.45) is 5.10 Å². The maximum atomic E-state index is 9.28. The number of hydrogen-bond acceptors (Lipinski definition) is 4. The SMILES string of the molecule is C=NN(C(C)O)C1CCCCO1. The zero-order chi connectivity index (χ0) is 8.97. The van der Waals surface area contributed by atoms with Gasteiger partial charge in [-0.25, -0.2) is 5.01 Å². The lowest BCUT2D eigenvalue weighted by Crippen LogP contribution is -2.41. The van der Waals surface area contributed by atoms with E-state index in [0.717, 1.165) is 25.9 Å². The largest absolute Gasteiger partial charge is 0.372 e. The van der Waals surface area contributed by atoms with Crippen LogP contribution in [0.3, 0.4) is 0 Å². The van der Waals surface area contributed by atoms with Gasteiger partial charge in [-0.05, 0) is 26.2 Å². The lowest BCUT2D eigenvalue weighted by Gasteiger charge is -2.33. The number of aliphatic hydroxyl groups is 1. The molecule has 1 saturated heterocycles. The topological polar surface area (TPSA) is 45.1 Å². The van der Waals surface area contributed by atoms with Crippen LogP contribution >= 0.6 is 0 Å². The minimum atomic E-state index is -0.620. The Balaban J connectivity index is 2.45. The second-order valence-corrected chi connectivity index (χ2v) is 2.97. The minimum absolute atomic E-state index is 0.0868. The predicted octanol–water partition coefficient (Wildman–Crippen LogP) is 0.769. The standard InChI is InChI=1S/C8H16N2O2/c1-7(11)10(9-2)8-5-3-4-6-12-8/h7-8,11H,2-6H2,1H3. The van der Waals surface area contributed by atoms with Gasteiger partial charge in [-0.2, -0.15) is 5.10 Å². The maximum absolute atomic E-state index is 9.28. The van der Waals surface area contributed by atoms with Crippen LogP contribution in [0.5, 0.6) is 0 Å². The Morgan fingerprint density at radius 1 is 1.67 bits per heavy atom.